The maximum absolute atomic E-state index is 13.3. The van der Waals surface area contributed by atoms with Crippen molar-refractivity contribution in [3.8, 4) is 22.5 Å². The molecule has 1 N–H and O–H groups in total. The summed E-state index contributed by atoms with van der Waals surface area (Å²) in [4.78, 5) is 15.0. The molecule has 2 heterocycles. The fraction of sp³-hybridized carbons (Fsp3) is 0.244. The van der Waals surface area contributed by atoms with Gasteiger partial charge in [0.25, 0.3) is 0 Å². The van der Waals surface area contributed by atoms with E-state index in [0.29, 0.717) is 18.9 Å². The van der Waals surface area contributed by atoms with Crippen molar-refractivity contribution in [1.82, 2.24) is 30.6 Å². The Morgan fingerprint density at radius 1 is 0.755 bits per heavy atom. The van der Waals surface area contributed by atoms with Gasteiger partial charge in [0.15, 0.2) is 5.54 Å². The van der Waals surface area contributed by atoms with Crippen LogP contribution < -0.4 is 5.43 Å². The van der Waals surface area contributed by atoms with Crippen molar-refractivity contribution in [3.05, 3.63) is 173 Å². The van der Waals surface area contributed by atoms with Gasteiger partial charge in [-0.05, 0) is 57.9 Å². The van der Waals surface area contributed by atoms with Crippen LogP contribution in [0.3, 0.4) is 0 Å². The van der Waals surface area contributed by atoms with Crippen LogP contribution in [0.2, 0.25) is 0 Å². The third kappa shape index (κ3) is 6.90. The fourth-order valence-electron chi connectivity index (χ4n) is 7.64. The van der Waals surface area contributed by atoms with Crippen LogP contribution in [0.25, 0.3) is 22.5 Å². The Kier molecular flexibility index (Phi) is 10.6. The molecule has 1 aliphatic heterocycles. The number of carbonyl (C=O) groups excluding carboxylic acids is 1. The van der Waals surface area contributed by atoms with Gasteiger partial charge in [-0.2, -0.15) is 0 Å². The first-order valence-corrected chi connectivity index (χ1v) is 18.5. The van der Waals surface area contributed by atoms with Gasteiger partial charge in [0, 0.05) is 24.2 Å². The summed E-state index contributed by atoms with van der Waals surface area (Å²) in [6, 6.07) is 47.8. The van der Waals surface area contributed by atoms with Gasteiger partial charge in [0.05, 0.1) is 18.2 Å². The minimum atomic E-state index is -0.863. The van der Waals surface area contributed by atoms with Gasteiger partial charge in [0.2, 0.25) is 5.82 Å². The molecule has 8 nitrogen and oxygen atoms in total. The summed E-state index contributed by atoms with van der Waals surface area (Å²) < 4.78 is 5.55. The second kappa shape index (κ2) is 15.8. The SMILES string of the molecule is CCCN1NC(Cc2ccc(-c3ccccc3-c3nnn(C(c4ccccc4)(c4ccccc4)c4ccccc4)n3)cc2)=C(C(=O)OCC)C1C(C)C. The number of benzene rings is 5. The number of aromatic nitrogens is 4. The fourth-order valence-corrected chi connectivity index (χ4v) is 7.64. The van der Waals surface area contributed by atoms with E-state index in [1.807, 2.05) is 79.7 Å². The van der Waals surface area contributed by atoms with Crippen LogP contribution in [-0.2, 0) is 21.5 Å². The number of carbonyl (C=O) groups is 1. The average Bonchev–Trinajstić information content (AvgIpc) is 3.83. The lowest BCUT2D eigenvalue weighted by Gasteiger charge is -2.34. The second-order valence-electron chi connectivity index (χ2n) is 13.7. The van der Waals surface area contributed by atoms with E-state index in [-0.39, 0.29) is 17.9 Å². The Balaban J connectivity index is 1.25. The zero-order valence-corrected chi connectivity index (χ0v) is 30.8. The summed E-state index contributed by atoms with van der Waals surface area (Å²) in [7, 11) is 0. The van der Waals surface area contributed by atoms with E-state index in [1.165, 1.54) is 0 Å². The van der Waals surface area contributed by atoms with Gasteiger partial charge in [-0.3, -0.25) is 0 Å². The number of ether oxygens (including phenoxy) is 1. The topological polar surface area (TPSA) is 85.2 Å². The molecule has 1 aromatic heterocycles. The molecule has 7 rings (SSSR count). The van der Waals surface area contributed by atoms with E-state index in [4.69, 9.17) is 20.1 Å². The molecular formula is C45H46N6O2. The van der Waals surface area contributed by atoms with E-state index in [2.05, 4.69) is 97.9 Å². The highest BCUT2D eigenvalue weighted by atomic mass is 16.5. The number of rotatable bonds is 13. The molecule has 268 valence electrons. The van der Waals surface area contributed by atoms with Crippen molar-refractivity contribution < 1.29 is 9.53 Å². The molecule has 0 amide bonds. The minimum Gasteiger partial charge on any atom is -0.463 e. The van der Waals surface area contributed by atoms with Gasteiger partial charge < -0.3 is 10.2 Å². The summed E-state index contributed by atoms with van der Waals surface area (Å²) in [5.41, 5.74) is 11.5. The van der Waals surface area contributed by atoms with E-state index in [9.17, 15) is 4.79 Å². The summed E-state index contributed by atoms with van der Waals surface area (Å²) in [5, 5.41) is 16.9. The van der Waals surface area contributed by atoms with Crippen LogP contribution in [0.5, 0.6) is 0 Å². The highest BCUT2D eigenvalue weighted by Crippen LogP contribution is 2.40. The number of hydrazine groups is 1. The van der Waals surface area contributed by atoms with Gasteiger partial charge in [-0.15, -0.1) is 15.0 Å². The maximum Gasteiger partial charge on any atom is 0.337 e. The van der Waals surface area contributed by atoms with Crippen molar-refractivity contribution in [1.29, 1.82) is 0 Å². The highest BCUT2D eigenvalue weighted by Gasteiger charge is 2.42. The van der Waals surface area contributed by atoms with Gasteiger partial charge in [-0.25, -0.2) is 9.80 Å². The normalized spacial score (nSPS) is 14.8. The van der Waals surface area contributed by atoms with Gasteiger partial charge in [0.1, 0.15) is 0 Å². The van der Waals surface area contributed by atoms with Crippen LogP contribution in [0.15, 0.2) is 151 Å². The Bertz CT molecular complexity index is 2070. The van der Waals surface area contributed by atoms with Crippen molar-refractivity contribution in [2.24, 2.45) is 5.92 Å². The minimum absolute atomic E-state index is 0.0412. The van der Waals surface area contributed by atoms with Crippen LogP contribution >= 0.6 is 0 Å². The lowest BCUT2D eigenvalue weighted by molar-refractivity contribution is -0.139. The number of hydrogen-bond acceptors (Lipinski definition) is 7. The van der Waals surface area contributed by atoms with Crippen molar-refractivity contribution >= 4 is 5.97 Å². The molecule has 1 atom stereocenters. The van der Waals surface area contributed by atoms with E-state index >= 15 is 0 Å². The molecule has 0 saturated heterocycles. The molecule has 8 heteroatoms. The van der Waals surface area contributed by atoms with E-state index in [1.54, 1.807) is 4.80 Å². The lowest BCUT2D eigenvalue weighted by Crippen LogP contribution is -2.43. The zero-order chi connectivity index (χ0) is 36.8. The Hall–Kier alpha value is -5.86. The summed E-state index contributed by atoms with van der Waals surface area (Å²) in [6.45, 7) is 9.50. The van der Waals surface area contributed by atoms with E-state index in [0.717, 1.165) is 63.2 Å². The highest BCUT2D eigenvalue weighted by molar-refractivity contribution is 5.91. The molecule has 53 heavy (non-hydrogen) atoms. The lowest BCUT2D eigenvalue weighted by atomic mass is 9.77. The summed E-state index contributed by atoms with van der Waals surface area (Å²) in [6.07, 6.45) is 1.57. The van der Waals surface area contributed by atoms with Gasteiger partial charge >= 0.3 is 5.97 Å². The first-order chi connectivity index (χ1) is 25.9. The summed E-state index contributed by atoms with van der Waals surface area (Å²) >= 11 is 0. The summed E-state index contributed by atoms with van der Waals surface area (Å²) in [5.74, 6) is 0.538. The smallest absolute Gasteiger partial charge is 0.337 e. The number of tetrazole rings is 1. The molecule has 1 aliphatic rings. The van der Waals surface area contributed by atoms with Crippen LogP contribution in [0.4, 0.5) is 0 Å². The molecule has 0 fully saturated rings. The number of nitrogens with zero attached hydrogens (tertiary/aromatic N) is 5. The quantitative estimate of drug-likeness (QED) is 0.0955. The van der Waals surface area contributed by atoms with E-state index < -0.39 is 5.54 Å². The predicted octanol–water partition coefficient (Wildman–Crippen LogP) is 8.46. The molecule has 5 aromatic carbocycles. The predicted molar refractivity (Wildman–Crippen MR) is 209 cm³/mol. The molecule has 1 unspecified atom stereocenters. The van der Waals surface area contributed by atoms with Gasteiger partial charge in [-0.1, -0.05) is 160 Å². The monoisotopic (exact) mass is 702 g/mol. The molecule has 0 saturated carbocycles. The van der Waals surface area contributed by atoms with Crippen LogP contribution in [0.1, 0.15) is 56.4 Å². The number of nitrogens with one attached hydrogen (secondary N) is 1. The molecule has 6 aromatic rings. The second-order valence-corrected chi connectivity index (χ2v) is 13.7. The Morgan fingerprint density at radius 3 is 1.83 bits per heavy atom. The number of esters is 1. The van der Waals surface area contributed by atoms with Crippen molar-refractivity contribution in [2.75, 3.05) is 13.2 Å². The number of hydrogen-bond donors (Lipinski definition) is 1. The first-order valence-electron chi connectivity index (χ1n) is 18.5. The standard InChI is InChI=1S/C45H46N6O2/c1-5-30-50-42(32(3)4)41(44(52)53-6-2)40(47-50)31-33-26-28-34(29-27-33)38-24-16-17-25-39(38)43-46-49-51(48-43)45(35-18-10-7-11-19-35,36-20-12-8-13-21-36)37-22-14-9-15-23-37/h7-29,32,42,47H,5-6,30-31H2,1-4H3. The Morgan fingerprint density at radius 2 is 1.30 bits per heavy atom. The van der Waals surface area contributed by atoms with Crippen LogP contribution in [-0.4, -0.2) is 50.4 Å². The molecule has 0 bridgehead atoms. The Labute approximate surface area is 312 Å². The van der Waals surface area contributed by atoms with Crippen LogP contribution in [0, 0.1) is 5.92 Å². The molecule has 0 spiro atoms. The van der Waals surface area contributed by atoms with Crippen molar-refractivity contribution in [3.63, 3.8) is 0 Å². The molecule has 0 radical (unpaired) electrons. The number of allylic oxidation sites excluding steroid dienone is 1. The average molecular weight is 703 g/mol. The maximum atomic E-state index is 13.3. The molecule has 0 aliphatic carbocycles. The van der Waals surface area contributed by atoms with Crippen molar-refractivity contribution in [2.45, 2.75) is 52.1 Å². The molecular weight excluding hydrogens is 657 g/mol. The zero-order valence-electron chi connectivity index (χ0n) is 30.8. The third-order valence-corrected chi connectivity index (χ3v) is 9.93. The third-order valence-electron chi connectivity index (χ3n) is 9.93. The first kappa shape index (κ1) is 35.5. The largest absolute Gasteiger partial charge is 0.463 e.